The Kier molecular flexibility index (Phi) is 5.63. The van der Waals surface area contributed by atoms with Crippen molar-refractivity contribution in [2.75, 3.05) is 0 Å². The molecule has 1 saturated carbocycles. The highest BCUT2D eigenvalue weighted by Gasteiger charge is 2.36. The Morgan fingerprint density at radius 2 is 1.67 bits per heavy atom. The number of carbonyl (C=O) groups excluding carboxylic acids is 2. The molecule has 0 aliphatic heterocycles. The molecule has 158 valence electrons. The molecule has 30 heavy (non-hydrogen) atoms. The maximum atomic E-state index is 13.5. The molecule has 1 N–H and O–H groups in total. The molecule has 2 aliphatic rings. The Labute approximate surface area is 177 Å². The summed E-state index contributed by atoms with van der Waals surface area (Å²) in [6.45, 7) is 4.03. The van der Waals surface area contributed by atoms with E-state index in [2.05, 4.69) is 5.32 Å². The van der Waals surface area contributed by atoms with Gasteiger partial charge in [-0.3, -0.25) is 19.0 Å². The van der Waals surface area contributed by atoms with Gasteiger partial charge in [-0.1, -0.05) is 57.7 Å². The molecule has 2 aromatic rings. The van der Waals surface area contributed by atoms with E-state index < -0.39 is 0 Å². The van der Waals surface area contributed by atoms with Gasteiger partial charge in [-0.2, -0.15) is 0 Å². The molecule has 0 bridgehead atoms. The van der Waals surface area contributed by atoms with Crippen LogP contribution in [0.15, 0.2) is 41.3 Å². The van der Waals surface area contributed by atoms with Crippen LogP contribution in [-0.2, 0) is 6.42 Å². The lowest BCUT2D eigenvalue weighted by atomic mass is 9.73. The van der Waals surface area contributed by atoms with E-state index in [9.17, 15) is 14.4 Å². The standard InChI is InChI=1S/C25H30N2O3/c1-25(2)14-19-20(21(28)15-25)16-27(18-12-8-5-9-13-18)24(30)22(19)23(29)26-17-10-6-3-4-7-11-17/h5,8-9,12-13,16-17H,3-4,6-7,10-11,14-15H2,1-2H3,(H,26,29). The van der Waals surface area contributed by atoms with Crippen LogP contribution >= 0.6 is 0 Å². The van der Waals surface area contributed by atoms with Crippen molar-refractivity contribution < 1.29 is 9.59 Å². The normalized spacial score (nSPS) is 19.1. The number of para-hydroxylation sites is 1. The Bertz CT molecular complexity index is 1010. The maximum absolute atomic E-state index is 13.5. The minimum Gasteiger partial charge on any atom is -0.349 e. The highest BCUT2D eigenvalue weighted by atomic mass is 16.2. The lowest BCUT2D eigenvalue weighted by Gasteiger charge is -2.32. The summed E-state index contributed by atoms with van der Waals surface area (Å²) in [5.41, 5.74) is 1.29. The van der Waals surface area contributed by atoms with E-state index in [0.717, 1.165) is 25.7 Å². The van der Waals surface area contributed by atoms with E-state index in [0.29, 0.717) is 29.7 Å². The van der Waals surface area contributed by atoms with Gasteiger partial charge in [0.15, 0.2) is 5.78 Å². The van der Waals surface area contributed by atoms with Gasteiger partial charge < -0.3 is 5.32 Å². The number of pyridine rings is 1. The van der Waals surface area contributed by atoms with Crippen LogP contribution in [0.1, 0.15) is 85.1 Å². The van der Waals surface area contributed by atoms with Crippen molar-refractivity contribution in [3.05, 3.63) is 63.6 Å². The average molecular weight is 407 g/mol. The number of nitrogens with zero attached hydrogens (tertiary/aromatic N) is 1. The summed E-state index contributed by atoms with van der Waals surface area (Å²) < 4.78 is 1.46. The summed E-state index contributed by atoms with van der Waals surface area (Å²) in [5.74, 6) is -0.339. The number of nitrogens with one attached hydrogen (secondary N) is 1. The van der Waals surface area contributed by atoms with Gasteiger partial charge in [0.1, 0.15) is 5.56 Å². The number of hydrogen-bond acceptors (Lipinski definition) is 3. The first kappa shape index (κ1) is 20.6. The minimum atomic E-state index is -0.350. The topological polar surface area (TPSA) is 68.2 Å². The molecule has 0 saturated heterocycles. The van der Waals surface area contributed by atoms with Crippen molar-refractivity contribution in [3.63, 3.8) is 0 Å². The quantitative estimate of drug-likeness (QED) is 0.766. The fourth-order valence-corrected chi connectivity index (χ4v) is 4.84. The zero-order chi connectivity index (χ0) is 21.3. The lowest BCUT2D eigenvalue weighted by Crippen LogP contribution is -2.42. The molecule has 5 nitrogen and oxygen atoms in total. The Morgan fingerprint density at radius 1 is 1.00 bits per heavy atom. The lowest BCUT2D eigenvalue weighted by molar-refractivity contribution is 0.0907. The van der Waals surface area contributed by atoms with Crippen molar-refractivity contribution in [2.24, 2.45) is 5.41 Å². The van der Waals surface area contributed by atoms with Gasteiger partial charge in [-0.05, 0) is 42.4 Å². The smallest absolute Gasteiger partial charge is 0.268 e. The molecule has 0 spiro atoms. The Morgan fingerprint density at radius 3 is 2.33 bits per heavy atom. The molecule has 0 unspecified atom stereocenters. The van der Waals surface area contributed by atoms with Crippen molar-refractivity contribution >= 4 is 11.7 Å². The monoisotopic (exact) mass is 406 g/mol. The van der Waals surface area contributed by atoms with Gasteiger partial charge in [-0.15, -0.1) is 0 Å². The predicted octanol–water partition coefficient (Wildman–Crippen LogP) is 4.45. The number of Topliss-reactive ketones (excluding diaryl/α,β-unsaturated/α-hetero) is 1. The second-order valence-corrected chi connectivity index (χ2v) is 9.51. The summed E-state index contributed by atoms with van der Waals surface area (Å²) in [6.07, 6.45) is 9.05. The molecule has 1 aromatic heterocycles. The van der Waals surface area contributed by atoms with Gasteiger partial charge in [0, 0.05) is 29.9 Å². The molecule has 5 heteroatoms. The number of benzene rings is 1. The van der Waals surface area contributed by atoms with E-state index >= 15 is 0 Å². The second-order valence-electron chi connectivity index (χ2n) is 9.51. The Balaban J connectivity index is 1.83. The zero-order valence-electron chi connectivity index (χ0n) is 17.9. The summed E-state index contributed by atoms with van der Waals surface area (Å²) in [6, 6.07) is 9.29. The summed E-state index contributed by atoms with van der Waals surface area (Å²) in [7, 11) is 0. The van der Waals surface area contributed by atoms with Crippen LogP contribution in [0.4, 0.5) is 0 Å². The van der Waals surface area contributed by atoms with Crippen molar-refractivity contribution in [3.8, 4) is 5.69 Å². The molecular weight excluding hydrogens is 376 g/mol. The highest BCUT2D eigenvalue weighted by molar-refractivity contribution is 6.04. The van der Waals surface area contributed by atoms with Gasteiger partial charge in [0.05, 0.1) is 0 Å². The summed E-state index contributed by atoms with van der Waals surface area (Å²) >= 11 is 0. The van der Waals surface area contributed by atoms with E-state index in [4.69, 9.17) is 0 Å². The van der Waals surface area contributed by atoms with Crippen molar-refractivity contribution in [1.82, 2.24) is 9.88 Å². The van der Waals surface area contributed by atoms with Crippen LogP contribution in [0.2, 0.25) is 0 Å². The zero-order valence-corrected chi connectivity index (χ0v) is 17.9. The third-order valence-electron chi connectivity index (χ3n) is 6.36. The molecule has 0 atom stereocenters. The minimum absolute atomic E-state index is 0.00514. The van der Waals surface area contributed by atoms with Crippen molar-refractivity contribution in [2.45, 2.75) is 71.3 Å². The number of rotatable bonds is 3. The van der Waals surface area contributed by atoms with Crippen LogP contribution in [0, 0.1) is 5.41 Å². The number of ketones is 1. The Hall–Kier alpha value is -2.69. The fraction of sp³-hybridized carbons (Fsp3) is 0.480. The number of carbonyl (C=O) groups is 2. The average Bonchev–Trinajstić information content (AvgIpc) is 2.96. The van der Waals surface area contributed by atoms with Crippen LogP contribution in [0.5, 0.6) is 0 Å². The molecule has 1 heterocycles. The SMILES string of the molecule is CC1(C)CC(=O)c2cn(-c3ccccc3)c(=O)c(C(=O)NC3CCCCCC3)c2C1. The van der Waals surface area contributed by atoms with E-state index in [1.54, 1.807) is 6.20 Å². The molecule has 0 radical (unpaired) electrons. The third kappa shape index (κ3) is 4.11. The van der Waals surface area contributed by atoms with Gasteiger partial charge in [-0.25, -0.2) is 0 Å². The molecule has 4 rings (SSSR count). The van der Waals surface area contributed by atoms with Crippen LogP contribution < -0.4 is 10.9 Å². The van der Waals surface area contributed by atoms with Crippen LogP contribution in [-0.4, -0.2) is 22.3 Å². The molecule has 1 amide bonds. The first-order valence-electron chi connectivity index (χ1n) is 11.0. The number of fused-ring (bicyclic) bond motifs is 1. The molecule has 2 aliphatic carbocycles. The highest BCUT2D eigenvalue weighted by Crippen LogP contribution is 2.36. The van der Waals surface area contributed by atoms with Gasteiger partial charge in [0.25, 0.3) is 11.5 Å². The third-order valence-corrected chi connectivity index (χ3v) is 6.36. The summed E-state index contributed by atoms with van der Waals surface area (Å²) in [5, 5.41) is 3.12. The predicted molar refractivity (Wildman–Crippen MR) is 117 cm³/mol. The maximum Gasteiger partial charge on any atom is 0.268 e. The molecule has 1 aromatic carbocycles. The number of hydrogen-bond donors (Lipinski definition) is 1. The fourth-order valence-electron chi connectivity index (χ4n) is 4.84. The van der Waals surface area contributed by atoms with Crippen LogP contribution in [0.3, 0.4) is 0 Å². The second kappa shape index (κ2) is 8.21. The van der Waals surface area contributed by atoms with Crippen LogP contribution in [0.25, 0.3) is 5.69 Å². The number of aromatic nitrogens is 1. The first-order chi connectivity index (χ1) is 14.4. The van der Waals surface area contributed by atoms with Gasteiger partial charge >= 0.3 is 0 Å². The van der Waals surface area contributed by atoms with E-state index in [-0.39, 0.29) is 34.3 Å². The summed E-state index contributed by atoms with van der Waals surface area (Å²) in [4.78, 5) is 39.8. The van der Waals surface area contributed by atoms with Crippen molar-refractivity contribution in [1.29, 1.82) is 0 Å². The number of amides is 1. The van der Waals surface area contributed by atoms with E-state index in [1.165, 1.54) is 17.4 Å². The molecular formula is C25H30N2O3. The van der Waals surface area contributed by atoms with Gasteiger partial charge in [0.2, 0.25) is 0 Å². The van der Waals surface area contributed by atoms with E-state index in [1.807, 2.05) is 44.2 Å². The largest absolute Gasteiger partial charge is 0.349 e. The molecule has 1 fully saturated rings. The first-order valence-corrected chi connectivity index (χ1v) is 11.0.